The molecule has 1 fully saturated rings. The number of aliphatic imine (C=N–C) groups is 1. The van der Waals surface area contributed by atoms with Crippen molar-refractivity contribution in [2.45, 2.75) is 38.6 Å². The van der Waals surface area contributed by atoms with Gasteiger partial charge in [0.05, 0.1) is 6.54 Å². The minimum atomic E-state index is 0. The summed E-state index contributed by atoms with van der Waals surface area (Å²) in [6.45, 7) is 5.93. The van der Waals surface area contributed by atoms with Crippen LogP contribution in [0.25, 0.3) is 0 Å². The number of aromatic hydroxyl groups is 1. The molecule has 2 heterocycles. The molecule has 1 amide bonds. The Kier molecular flexibility index (Phi) is 8.17. The molecule has 1 atom stereocenters. The van der Waals surface area contributed by atoms with Gasteiger partial charge in [-0.3, -0.25) is 4.79 Å². The molecule has 2 aliphatic heterocycles. The number of phenols is 1. The lowest BCUT2D eigenvalue weighted by molar-refractivity contribution is -0.127. The number of fused-ring (bicyclic) bond motifs is 1. The fourth-order valence-electron chi connectivity index (χ4n) is 4.41. The number of carbonyl (C=O) groups excluding carboxylic acids is 1. The highest BCUT2D eigenvalue weighted by Gasteiger charge is 2.32. The fraction of sp³-hybridized carbons (Fsp3) is 0.417. The Balaban J connectivity index is 0.00000272. The maximum atomic E-state index is 12.0. The van der Waals surface area contributed by atoms with Crippen LogP contribution in [-0.2, 0) is 11.3 Å². The summed E-state index contributed by atoms with van der Waals surface area (Å²) in [4.78, 5) is 21.1. The molecule has 0 bridgehead atoms. The molecule has 1 unspecified atom stereocenters. The summed E-state index contributed by atoms with van der Waals surface area (Å²) in [7, 11) is 0. The Hall–Kier alpha value is -2.29. The van der Waals surface area contributed by atoms with Crippen molar-refractivity contribution < 1.29 is 9.90 Å². The van der Waals surface area contributed by atoms with Gasteiger partial charge in [-0.2, -0.15) is 0 Å². The van der Waals surface area contributed by atoms with Crippen LogP contribution in [0.5, 0.6) is 5.75 Å². The number of para-hydroxylation sites is 1. The number of anilines is 1. The second-order valence-corrected chi connectivity index (χ2v) is 7.98. The normalized spacial score (nSPS) is 18.2. The largest absolute Gasteiger partial charge is 0.508 e. The van der Waals surface area contributed by atoms with Crippen LogP contribution in [0.1, 0.15) is 43.2 Å². The molecule has 2 N–H and O–H groups in total. The average molecular weight is 534 g/mol. The summed E-state index contributed by atoms with van der Waals surface area (Å²) < 4.78 is 0. The standard InChI is InChI=1S/C24H30N4O2.HI/c1-2-25-24(26-16-18-7-5-8-20(29)15-18)28-17-19(21-9-3-4-10-22(21)28)12-14-27-13-6-11-23(27)30;/h3-5,7-10,15,19,29H,2,6,11-14,16-17H2,1H3,(H,25,26);1H. The lowest BCUT2D eigenvalue weighted by Gasteiger charge is -2.23. The second kappa shape index (κ2) is 10.8. The fourth-order valence-corrected chi connectivity index (χ4v) is 4.41. The van der Waals surface area contributed by atoms with E-state index in [1.165, 1.54) is 11.3 Å². The summed E-state index contributed by atoms with van der Waals surface area (Å²) in [5, 5.41) is 13.1. The maximum absolute atomic E-state index is 12.0. The van der Waals surface area contributed by atoms with Gasteiger partial charge in [0, 0.05) is 44.2 Å². The van der Waals surface area contributed by atoms with E-state index < -0.39 is 0 Å². The van der Waals surface area contributed by atoms with Crippen molar-refractivity contribution in [2.75, 3.05) is 31.1 Å². The summed E-state index contributed by atoms with van der Waals surface area (Å²) in [6.07, 6.45) is 2.64. The van der Waals surface area contributed by atoms with Gasteiger partial charge >= 0.3 is 0 Å². The van der Waals surface area contributed by atoms with Crippen LogP contribution in [0.15, 0.2) is 53.5 Å². The third kappa shape index (κ3) is 5.50. The van der Waals surface area contributed by atoms with Crippen molar-refractivity contribution in [3.63, 3.8) is 0 Å². The second-order valence-electron chi connectivity index (χ2n) is 7.98. The Morgan fingerprint density at radius 1 is 1.23 bits per heavy atom. The van der Waals surface area contributed by atoms with Crippen molar-refractivity contribution in [2.24, 2.45) is 4.99 Å². The highest BCUT2D eigenvalue weighted by Crippen LogP contribution is 2.38. The van der Waals surface area contributed by atoms with E-state index in [-0.39, 0.29) is 29.7 Å². The number of nitrogens with one attached hydrogen (secondary N) is 1. The number of hydrogen-bond acceptors (Lipinski definition) is 3. The number of carbonyl (C=O) groups is 1. The lowest BCUT2D eigenvalue weighted by atomic mass is 9.98. The van der Waals surface area contributed by atoms with Crippen LogP contribution in [-0.4, -0.2) is 48.1 Å². The first-order chi connectivity index (χ1) is 14.7. The number of rotatable bonds is 6. The van der Waals surface area contributed by atoms with Gasteiger partial charge in [0.2, 0.25) is 5.91 Å². The highest BCUT2D eigenvalue weighted by molar-refractivity contribution is 14.0. The van der Waals surface area contributed by atoms with Crippen LogP contribution in [0, 0.1) is 0 Å². The van der Waals surface area contributed by atoms with Crippen LogP contribution in [0.3, 0.4) is 0 Å². The molecule has 0 aliphatic carbocycles. The molecule has 6 nitrogen and oxygen atoms in total. The first-order valence-corrected chi connectivity index (χ1v) is 10.9. The van der Waals surface area contributed by atoms with E-state index in [2.05, 4.69) is 41.4 Å². The topological polar surface area (TPSA) is 68.2 Å². The number of hydrogen-bond donors (Lipinski definition) is 2. The molecule has 4 rings (SSSR count). The first kappa shape index (κ1) is 23.4. The van der Waals surface area contributed by atoms with Gasteiger partial charge in [0.25, 0.3) is 0 Å². The van der Waals surface area contributed by atoms with E-state index >= 15 is 0 Å². The maximum Gasteiger partial charge on any atom is 0.222 e. The molecule has 0 saturated carbocycles. The Bertz CT molecular complexity index is 933. The van der Waals surface area contributed by atoms with E-state index in [0.717, 1.165) is 50.5 Å². The van der Waals surface area contributed by atoms with E-state index in [9.17, 15) is 9.90 Å². The monoisotopic (exact) mass is 534 g/mol. The predicted octanol–water partition coefficient (Wildman–Crippen LogP) is 4.09. The smallest absolute Gasteiger partial charge is 0.222 e. The van der Waals surface area contributed by atoms with Crippen LogP contribution in [0.2, 0.25) is 0 Å². The molecule has 2 aromatic rings. The predicted molar refractivity (Wildman–Crippen MR) is 135 cm³/mol. The van der Waals surface area contributed by atoms with E-state index in [1.54, 1.807) is 12.1 Å². The zero-order valence-electron chi connectivity index (χ0n) is 18.0. The van der Waals surface area contributed by atoms with Gasteiger partial charge in [0.1, 0.15) is 5.75 Å². The Labute approximate surface area is 201 Å². The summed E-state index contributed by atoms with van der Waals surface area (Å²) in [5.74, 6) is 1.78. The van der Waals surface area contributed by atoms with Crippen LogP contribution < -0.4 is 10.2 Å². The van der Waals surface area contributed by atoms with Crippen molar-refractivity contribution in [3.05, 3.63) is 59.7 Å². The lowest BCUT2D eigenvalue weighted by Crippen LogP contribution is -2.41. The van der Waals surface area contributed by atoms with Gasteiger partial charge in [0.15, 0.2) is 5.96 Å². The van der Waals surface area contributed by atoms with Crippen molar-refractivity contribution in [3.8, 4) is 5.75 Å². The first-order valence-electron chi connectivity index (χ1n) is 10.9. The van der Waals surface area contributed by atoms with Gasteiger partial charge in [-0.1, -0.05) is 30.3 Å². The molecular weight excluding hydrogens is 503 g/mol. The molecule has 7 heteroatoms. The molecule has 0 aromatic heterocycles. The Morgan fingerprint density at radius 2 is 2.06 bits per heavy atom. The van der Waals surface area contributed by atoms with E-state index in [1.807, 2.05) is 17.0 Å². The van der Waals surface area contributed by atoms with Gasteiger partial charge < -0.3 is 20.2 Å². The number of phenolic OH excluding ortho intramolecular Hbond substituents is 1. The molecule has 1 saturated heterocycles. The van der Waals surface area contributed by atoms with Crippen molar-refractivity contribution >= 4 is 41.5 Å². The SMILES string of the molecule is CCNC(=NCc1cccc(O)c1)N1CC(CCN2CCCC2=O)c2ccccc21.I. The van der Waals surface area contributed by atoms with Crippen LogP contribution in [0.4, 0.5) is 5.69 Å². The van der Waals surface area contributed by atoms with E-state index in [4.69, 9.17) is 4.99 Å². The number of benzene rings is 2. The molecule has 2 aliphatic rings. The summed E-state index contributed by atoms with van der Waals surface area (Å²) >= 11 is 0. The molecule has 2 aromatic carbocycles. The number of amides is 1. The van der Waals surface area contributed by atoms with Crippen LogP contribution >= 0.6 is 24.0 Å². The Morgan fingerprint density at radius 3 is 2.81 bits per heavy atom. The number of guanidine groups is 1. The zero-order chi connectivity index (χ0) is 20.9. The zero-order valence-corrected chi connectivity index (χ0v) is 20.3. The quantitative estimate of drug-likeness (QED) is 0.333. The highest BCUT2D eigenvalue weighted by atomic mass is 127. The average Bonchev–Trinajstić information content (AvgIpc) is 3.33. The third-order valence-corrected chi connectivity index (χ3v) is 5.90. The third-order valence-electron chi connectivity index (χ3n) is 5.90. The number of halogens is 1. The molecule has 0 radical (unpaired) electrons. The summed E-state index contributed by atoms with van der Waals surface area (Å²) in [6, 6.07) is 15.7. The van der Waals surface area contributed by atoms with Crippen molar-refractivity contribution in [1.82, 2.24) is 10.2 Å². The summed E-state index contributed by atoms with van der Waals surface area (Å²) in [5.41, 5.74) is 3.49. The molecule has 0 spiro atoms. The van der Waals surface area contributed by atoms with Gasteiger partial charge in [-0.15, -0.1) is 24.0 Å². The van der Waals surface area contributed by atoms with Crippen molar-refractivity contribution in [1.29, 1.82) is 0 Å². The van der Waals surface area contributed by atoms with E-state index in [0.29, 0.717) is 24.8 Å². The van der Waals surface area contributed by atoms with Gasteiger partial charge in [-0.25, -0.2) is 4.99 Å². The minimum absolute atomic E-state index is 0. The van der Waals surface area contributed by atoms with Gasteiger partial charge in [-0.05, 0) is 49.1 Å². The molecule has 166 valence electrons. The molecule has 31 heavy (non-hydrogen) atoms. The number of nitrogens with zero attached hydrogens (tertiary/aromatic N) is 3. The molecular formula is C24H31IN4O2. The number of likely N-dealkylation sites (tertiary alicyclic amines) is 1. The minimum Gasteiger partial charge on any atom is -0.508 e.